The van der Waals surface area contributed by atoms with Crippen molar-refractivity contribution < 1.29 is 0 Å². The Morgan fingerprint density at radius 2 is 1.84 bits per heavy atom. The molecule has 0 atom stereocenters. The molecule has 19 heavy (non-hydrogen) atoms. The normalized spacial score (nSPS) is 17.4. The molecule has 0 aliphatic carbocycles. The third-order valence-electron chi connectivity index (χ3n) is 3.81. The minimum atomic E-state index is 0.347. The summed E-state index contributed by atoms with van der Waals surface area (Å²) in [6, 6.07) is 0.347. The number of anilines is 2. The lowest BCUT2D eigenvalue weighted by molar-refractivity contribution is 0.256. The lowest BCUT2D eigenvalue weighted by atomic mass is 10.2. The topological polar surface area (TPSA) is 50.3 Å². The molecule has 1 saturated heterocycles. The van der Waals surface area contributed by atoms with Gasteiger partial charge in [0, 0.05) is 32.2 Å². The molecule has 1 fully saturated rings. The number of hydrogen-bond acceptors (Lipinski definition) is 4. The Balaban J connectivity index is 2.15. The summed E-state index contributed by atoms with van der Waals surface area (Å²) < 4.78 is 2.07. The number of rotatable bonds is 4. The van der Waals surface area contributed by atoms with Gasteiger partial charge in [0.25, 0.3) is 0 Å². The predicted molar refractivity (Wildman–Crippen MR) is 80.7 cm³/mol. The fraction of sp³-hybridized carbons (Fsp3) is 0.786. The Kier molecular flexibility index (Phi) is 4.34. The van der Waals surface area contributed by atoms with E-state index < -0.39 is 0 Å². The summed E-state index contributed by atoms with van der Waals surface area (Å²) in [4.78, 5) is 4.91. The van der Waals surface area contributed by atoms with E-state index in [-0.39, 0.29) is 0 Å². The van der Waals surface area contributed by atoms with Gasteiger partial charge in [0.1, 0.15) is 0 Å². The molecular formula is C14H27N5. The van der Waals surface area contributed by atoms with Gasteiger partial charge in [-0.15, -0.1) is 0 Å². The number of nitrogen functional groups attached to an aromatic ring is 1. The average Bonchev–Trinajstić information content (AvgIpc) is 2.68. The van der Waals surface area contributed by atoms with Gasteiger partial charge in [-0.3, -0.25) is 4.90 Å². The zero-order valence-corrected chi connectivity index (χ0v) is 12.7. The van der Waals surface area contributed by atoms with Gasteiger partial charge in [-0.1, -0.05) is 6.92 Å². The molecule has 0 radical (unpaired) electrons. The van der Waals surface area contributed by atoms with Gasteiger partial charge in [-0.05, 0) is 33.7 Å². The molecule has 5 heteroatoms. The van der Waals surface area contributed by atoms with Crippen LogP contribution in [-0.4, -0.2) is 47.4 Å². The van der Waals surface area contributed by atoms with Crippen LogP contribution in [0.2, 0.25) is 0 Å². The Morgan fingerprint density at radius 1 is 1.21 bits per heavy atom. The van der Waals surface area contributed by atoms with Crippen molar-refractivity contribution >= 4 is 11.5 Å². The Labute approximate surface area is 116 Å². The van der Waals surface area contributed by atoms with Gasteiger partial charge in [-0.2, -0.15) is 5.10 Å². The van der Waals surface area contributed by atoms with Crippen molar-refractivity contribution in [3.05, 3.63) is 5.69 Å². The first-order chi connectivity index (χ1) is 9.04. The minimum absolute atomic E-state index is 0.347. The van der Waals surface area contributed by atoms with Crippen LogP contribution in [0.4, 0.5) is 11.5 Å². The first-order valence-corrected chi connectivity index (χ1v) is 7.36. The largest absolute Gasteiger partial charge is 0.394 e. The molecule has 2 N–H and O–H groups in total. The zero-order valence-electron chi connectivity index (χ0n) is 12.7. The maximum atomic E-state index is 6.23. The molecule has 2 heterocycles. The highest BCUT2D eigenvalue weighted by atomic mass is 15.4. The molecule has 108 valence electrons. The van der Waals surface area contributed by atoms with Crippen molar-refractivity contribution in [3.8, 4) is 0 Å². The van der Waals surface area contributed by atoms with E-state index >= 15 is 0 Å². The van der Waals surface area contributed by atoms with E-state index in [2.05, 4.69) is 40.4 Å². The maximum Gasteiger partial charge on any atom is 0.151 e. The first-order valence-electron chi connectivity index (χ1n) is 7.36. The smallest absolute Gasteiger partial charge is 0.151 e. The highest BCUT2D eigenvalue weighted by Crippen LogP contribution is 2.29. The van der Waals surface area contributed by atoms with Gasteiger partial charge in [0.05, 0.1) is 11.4 Å². The second-order valence-electron chi connectivity index (χ2n) is 5.69. The van der Waals surface area contributed by atoms with Crippen LogP contribution in [0.1, 0.15) is 38.9 Å². The number of hydrogen-bond donors (Lipinski definition) is 1. The van der Waals surface area contributed by atoms with Crippen molar-refractivity contribution in [1.82, 2.24) is 14.7 Å². The lowest BCUT2D eigenvalue weighted by Crippen LogP contribution is -2.47. The standard InChI is InChI=1S/C14H27N5/c1-5-6-17-7-9-18(10-8-17)14-13(15)12(4)16-19(14)11(2)3/h11H,5-10,15H2,1-4H3. The second kappa shape index (κ2) is 5.82. The second-order valence-corrected chi connectivity index (χ2v) is 5.69. The molecule has 0 spiro atoms. The van der Waals surface area contributed by atoms with Gasteiger partial charge in [0.2, 0.25) is 0 Å². The number of piperazine rings is 1. The van der Waals surface area contributed by atoms with Crippen LogP contribution in [0.25, 0.3) is 0 Å². The molecule has 1 aliphatic heterocycles. The molecular weight excluding hydrogens is 238 g/mol. The lowest BCUT2D eigenvalue weighted by Gasteiger charge is -2.36. The van der Waals surface area contributed by atoms with Gasteiger partial charge in [-0.25, -0.2) is 4.68 Å². The van der Waals surface area contributed by atoms with E-state index in [4.69, 9.17) is 5.73 Å². The molecule has 0 unspecified atom stereocenters. The Hall–Kier alpha value is -1.23. The molecule has 1 aliphatic rings. The monoisotopic (exact) mass is 265 g/mol. The quantitative estimate of drug-likeness (QED) is 0.903. The van der Waals surface area contributed by atoms with E-state index in [0.29, 0.717) is 6.04 Å². The van der Waals surface area contributed by atoms with E-state index in [0.717, 1.165) is 43.4 Å². The third kappa shape index (κ3) is 2.86. The fourth-order valence-corrected chi connectivity index (χ4v) is 2.72. The number of nitrogens with two attached hydrogens (primary N) is 1. The highest BCUT2D eigenvalue weighted by molar-refractivity contribution is 5.66. The van der Waals surface area contributed by atoms with E-state index in [1.807, 2.05) is 6.92 Å². The molecule has 2 rings (SSSR count). The SMILES string of the molecule is CCCN1CCN(c2c(N)c(C)nn2C(C)C)CC1. The summed E-state index contributed by atoms with van der Waals surface area (Å²) >= 11 is 0. The van der Waals surface area contributed by atoms with Crippen LogP contribution in [-0.2, 0) is 0 Å². The minimum Gasteiger partial charge on any atom is -0.394 e. The molecule has 1 aromatic heterocycles. The molecule has 0 bridgehead atoms. The number of aromatic nitrogens is 2. The van der Waals surface area contributed by atoms with E-state index in [9.17, 15) is 0 Å². The van der Waals surface area contributed by atoms with Crippen molar-refractivity contribution in [3.63, 3.8) is 0 Å². The van der Waals surface area contributed by atoms with E-state index in [1.54, 1.807) is 0 Å². The molecule has 0 saturated carbocycles. The van der Waals surface area contributed by atoms with Gasteiger partial charge < -0.3 is 10.6 Å². The average molecular weight is 265 g/mol. The number of nitrogens with zero attached hydrogens (tertiary/aromatic N) is 4. The van der Waals surface area contributed by atoms with Crippen molar-refractivity contribution in [2.45, 2.75) is 40.2 Å². The van der Waals surface area contributed by atoms with E-state index in [1.165, 1.54) is 13.0 Å². The van der Waals surface area contributed by atoms with Gasteiger partial charge in [0.15, 0.2) is 5.82 Å². The van der Waals surface area contributed by atoms with Crippen LogP contribution in [0.3, 0.4) is 0 Å². The highest BCUT2D eigenvalue weighted by Gasteiger charge is 2.24. The van der Waals surface area contributed by atoms with Crippen LogP contribution in [0.5, 0.6) is 0 Å². The van der Waals surface area contributed by atoms with Crippen LogP contribution in [0, 0.1) is 6.92 Å². The molecule has 5 nitrogen and oxygen atoms in total. The Bertz CT molecular complexity index is 416. The fourth-order valence-electron chi connectivity index (χ4n) is 2.72. The van der Waals surface area contributed by atoms with Crippen molar-refractivity contribution in [2.75, 3.05) is 43.4 Å². The summed E-state index contributed by atoms with van der Waals surface area (Å²) in [6.45, 7) is 14.1. The first kappa shape index (κ1) is 14.2. The third-order valence-corrected chi connectivity index (χ3v) is 3.81. The van der Waals surface area contributed by atoms with Crippen molar-refractivity contribution in [1.29, 1.82) is 0 Å². The summed E-state index contributed by atoms with van der Waals surface area (Å²) in [5, 5.41) is 4.58. The van der Waals surface area contributed by atoms with Crippen molar-refractivity contribution in [2.24, 2.45) is 0 Å². The molecule has 0 amide bonds. The van der Waals surface area contributed by atoms with Crippen LogP contribution in [0.15, 0.2) is 0 Å². The molecule has 0 aromatic carbocycles. The maximum absolute atomic E-state index is 6.23. The summed E-state index contributed by atoms with van der Waals surface area (Å²) in [6.07, 6.45) is 1.23. The van der Waals surface area contributed by atoms with Gasteiger partial charge >= 0.3 is 0 Å². The van der Waals surface area contributed by atoms with Crippen LogP contribution >= 0.6 is 0 Å². The summed E-state index contributed by atoms with van der Waals surface area (Å²) in [5.74, 6) is 1.11. The number of aryl methyl sites for hydroxylation is 1. The summed E-state index contributed by atoms with van der Waals surface area (Å²) in [7, 11) is 0. The Morgan fingerprint density at radius 3 is 2.37 bits per heavy atom. The zero-order chi connectivity index (χ0) is 14.0. The summed E-state index contributed by atoms with van der Waals surface area (Å²) in [5.41, 5.74) is 8.02. The van der Waals surface area contributed by atoms with Crippen LogP contribution < -0.4 is 10.6 Å². The predicted octanol–water partition coefficient (Wildman–Crippen LogP) is 1.89. The molecule has 1 aromatic rings.